The number of alkyl halides is 3. The molecule has 0 saturated carbocycles. The summed E-state index contributed by atoms with van der Waals surface area (Å²) in [6, 6.07) is 8.40. The molecule has 0 aliphatic heterocycles. The van der Waals surface area contributed by atoms with Gasteiger partial charge in [-0.2, -0.15) is 13.2 Å². The van der Waals surface area contributed by atoms with Crippen molar-refractivity contribution in [3.05, 3.63) is 70.0 Å². The van der Waals surface area contributed by atoms with Gasteiger partial charge < -0.3 is 5.73 Å². The Bertz CT molecular complexity index is 623. The predicted molar refractivity (Wildman–Crippen MR) is 73.5 cm³/mol. The van der Waals surface area contributed by atoms with E-state index in [4.69, 9.17) is 17.3 Å². The van der Waals surface area contributed by atoms with Gasteiger partial charge in [0.25, 0.3) is 0 Å². The minimum absolute atomic E-state index is 0.0140. The van der Waals surface area contributed by atoms with Gasteiger partial charge in [-0.3, -0.25) is 0 Å². The number of hydrogen-bond donors (Lipinski definition) is 1. The van der Waals surface area contributed by atoms with Crippen molar-refractivity contribution in [1.29, 1.82) is 0 Å². The smallest absolute Gasteiger partial charge is 0.324 e. The quantitative estimate of drug-likeness (QED) is 0.813. The molecule has 2 rings (SSSR count). The standard InChI is InChI=1S/C15H12ClF4N/c16-14-10(2-1-3-12(14)17)8-13(21)9-4-6-11(7-5-9)15(18,19)20/h1-7,13H,8,21H2. The van der Waals surface area contributed by atoms with Gasteiger partial charge in [-0.05, 0) is 35.7 Å². The van der Waals surface area contributed by atoms with Gasteiger partial charge in [0.2, 0.25) is 0 Å². The Morgan fingerprint density at radius 1 is 1.05 bits per heavy atom. The minimum atomic E-state index is -4.38. The molecule has 1 atom stereocenters. The van der Waals surface area contributed by atoms with Crippen molar-refractivity contribution in [3.63, 3.8) is 0 Å². The van der Waals surface area contributed by atoms with Crippen molar-refractivity contribution in [2.75, 3.05) is 0 Å². The van der Waals surface area contributed by atoms with E-state index in [9.17, 15) is 17.6 Å². The topological polar surface area (TPSA) is 26.0 Å². The normalized spacial score (nSPS) is 13.2. The zero-order chi connectivity index (χ0) is 15.6. The van der Waals surface area contributed by atoms with Crippen LogP contribution in [0.15, 0.2) is 42.5 Å². The summed E-state index contributed by atoms with van der Waals surface area (Å²) in [5, 5.41) is -0.0140. The third-order valence-electron chi connectivity index (χ3n) is 3.14. The minimum Gasteiger partial charge on any atom is -0.324 e. The second kappa shape index (κ2) is 6.03. The van der Waals surface area contributed by atoms with Crippen LogP contribution in [0.2, 0.25) is 5.02 Å². The fraction of sp³-hybridized carbons (Fsp3) is 0.200. The van der Waals surface area contributed by atoms with E-state index in [2.05, 4.69) is 0 Å². The van der Waals surface area contributed by atoms with Crippen LogP contribution in [-0.2, 0) is 12.6 Å². The Balaban J connectivity index is 2.17. The highest BCUT2D eigenvalue weighted by Gasteiger charge is 2.30. The lowest BCUT2D eigenvalue weighted by Crippen LogP contribution is -2.14. The fourth-order valence-electron chi connectivity index (χ4n) is 1.98. The Labute approximate surface area is 124 Å². The number of benzene rings is 2. The Morgan fingerprint density at radius 2 is 1.67 bits per heavy atom. The van der Waals surface area contributed by atoms with E-state index < -0.39 is 23.6 Å². The Kier molecular flexibility index (Phi) is 4.54. The van der Waals surface area contributed by atoms with E-state index >= 15 is 0 Å². The molecule has 2 N–H and O–H groups in total. The highest BCUT2D eigenvalue weighted by molar-refractivity contribution is 6.31. The molecule has 21 heavy (non-hydrogen) atoms. The van der Waals surface area contributed by atoms with E-state index in [0.717, 1.165) is 12.1 Å². The maximum Gasteiger partial charge on any atom is 0.416 e. The first-order valence-corrected chi connectivity index (χ1v) is 6.52. The molecule has 0 aliphatic rings. The lowest BCUT2D eigenvalue weighted by atomic mass is 9.98. The summed E-state index contributed by atoms with van der Waals surface area (Å²) < 4.78 is 50.7. The first kappa shape index (κ1) is 15.8. The molecule has 0 heterocycles. The van der Waals surface area contributed by atoms with Crippen molar-refractivity contribution in [2.45, 2.75) is 18.6 Å². The number of rotatable bonds is 3. The molecule has 0 spiro atoms. The highest BCUT2D eigenvalue weighted by Crippen LogP contribution is 2.30. The molecule has 112 valence electrons. The van der Waals surface area contributed by atoms with E-state index in [1.165, 1.54) is 24.3 Å². The van der Waals surface area contributed by atoms with E-state index in [1.807, 2.05) is 0 Å². The molecule has 0 bridgehead atoms. The second-order valence-corrected chi connectivity index (χ2v) is 5.02. The molecule has 1 nitrogen and oxygen atoms in total. The van der Waals surface area contributed by atoms with Crippen LogP contribution in [0.4, 0.5) is 17.6 Å². The molecule has 0 aliphatic carbocycles. The maximum absolute atomic E-state index is 13.3. The molecular weight excluding hydrogens is 306 g/mol. The molecule has 0 radical (unpaired) electrons. The van der Waals surface area contributed by atoms with E-state index in [-0.39, 0.29) is 11.4 Å². The lowest BCUT2D eigenvalue weighted by Gasteiger charge is -2.14. The summed E-state index contributed by atoms with van der Waals surface area (Å²) in [7, 11) is 0. The SMILES string of the molecule is NC(Cc1cccc(F)c1Cl)c1ccc(C(F)(F)F)cc1. The van der Waals surface area contributed by atoms with Gasteiger partial charge in [0.15, 0.2) is 0 Å². The summed E-state index contributed by atoms with van der Waals surface area (Å²) in [4.78, 5) is 0. The third-order valence-corrected chi connectivity index (χ3v) is 3.56. The lowest BCUT2D eigenvalue weighted by molar-refractivity contribution is -0.137. The monoisotopic (exact) mass is 317 g/mol. The number of halogens is 5. The fourth-order valence-corrected chi connectivity index (χ4v) is 2.18. The average molecular weight is 318 g/mol. The number of hydrogen-bond acceptors (Lipinski definition) is 1. The van der Waals surface area contributed by atoms with Crippen LogP contribution in [0.3, 0.4) is 0 Å². The van der Waals surface area contributed by atoms with Crippen LogP contribution in [0.1, 0.15) is 22.7 Å². The van der Waals surface area contributed by atoms with Crippen molar-refractivity contribution >= 4 is 11.6 Å². The van der Waals surface area contributed by atoms with Gasteiger partial charge in [0.05, 0.1) is 10.6 Å². The Morgan fingerprint density at radius 3 is 2.24 bits per heavy atom. The second-order valence-electron chi connectivity index (χ2n) is 4.64. The summed E-state index contributed by atoms with van der Waals surface area (Å²) in [5.41, 5.74) is 6.26. The van der Waals surface area contributed by atoms with Crippen molar-refractivity contribution in [1.82, 2.24) is 0 Å². The number of nitrogens with two attached hydrogens (primary N) is 1. The first-order valence-electron chi connectivity index (χ1n) is 6.14. The largest absolute Gasteiger partial charge is 0.416 e. The van der Waals surface area contributed by atoms with Crippen molar-refractivity contribution in [2.24, 2.45) is 5.73 Å². The van der Waals surface area contributed by atoms with Gasteiger partial charge in [-0.15, -0.1) is 0 Å². The average Bonchev–Trinajstić information content (AvgIpc) is 2.43. The molecular formula is C15H12ClF4N. The van der Waals surface area contributed by atoms with Gasteiger partial charge in [-0.25, -0.2) is 4.39 Å². The summed E-state index contributed by atoms with van der Waals surface area (Å²) in [6.45, 7) is 0. The van der Waals surface area contributed by atoms with Crippen LogP contribution in [0.5, 0.6) is 0 Å². The predicted octanol–water partition coefficient (Wildman–Crippen LogP) is 4.74. The Hall–Kier alpha value is -1.59. The van der Waals surface area contributed by atoms with Crippen LogP contribution >= 0.6 is 11.6 Å². The first-order chi connectivity index (χ1) is 9.79. The maximum atomic E-state index is 13.3. The molecule has 0 aromatic heterocycles. The van der Waals surface area contributed by atoms with Crippen molar-refractivity contribution in [3.8, 4) is 0 Å². The summed E-state index contributed by atoms with van der Waals surface area (Å²) in [5.74, 6) is -0.547. The zero-order valence-electron chi connectivity index (χ0n) is 10.8. The molecule has 1 unspecified atom stereocenters. The molecule has 0 amide bonds. The third kappa shape index (κ3) is 3.74. The van der Waals surface area contributed by atoms with Gasteiger partial charge in [0, 0.05) is 6.04 Å². The molecule has 2 aromatic carbocycles. The van der Waals surface area contributed by atoms with Crippen molar-refractivity contribution < 1.29 is 17.6 Å². The van der Waals surface area contributed by atoms with Crippen LogP contribution < -0.4 is 5.73 Å². The zero-order valence-corrected chi connectivity index (χ0v) is 11.5. The van der Waals surface area contributed by atoms with Crippen LogP contribution in [-0.4, -0.2) is 0 Å². The molecule has 6 heteroatoms. The summed E-state index contributed by atoms with van der Waals surface area (Å²) in [6.07, 6.45) is -4.14. The van der Waals surface area contributed by atoms with Gasteiger partial charge in [-0.1, -0.05) is 35.9 Å². The van der Waals surface area contributed by atoms with E-state index in [0.29, 0.717) is 11.1 Å². The molecule has 0 fully saturated rings. The van der Waals surface area contributed by atoms with Gasteiger partial charge in [0.1, 0.15) is 5.82 Å². The van der Waals surface area contributed by atoms with Crippen LogP contribution in [0.25, 0.3) is 0 Å². The molecule has 2 aromatic rings. The van der Waals surface area contributed by atoms with Crippen LogP contribution in [0, 0.1) is 5.82 Å². The molecule has 0 saturated heterocycles. The van der Waals surface area contributed by atoms with E-state index in [1.54, 1.807) is 6.07 Å². The van der Waals surface area contributed by atoms with Gasteiger partial charge >= 0.3 is 6.18 Å². The summed E-state index contributed by atoms with van der Waals surface area (Å²) >= 11 is 5.83. The highest BCUT2D eigenvalue weighted by atomic mass is 35.5.